The zero-order valence-corrected chi connectivity index (χ0v) is 12.8. The molecule has 1 amide bonds. The van der Waals surface area contributed by atoms with Gasteiger partial charge in [-0.05, 0) is 5.56 Å². The Labute approximate surface area is 134 Å². The Morgan fingerprint density at radius 2 is 1.48 bits per heavy atom. The molecule has 0 aliphatic carbocycles. The zero-order valence-electron chi connectivity index (χ0n) is 12.8. The SMILES string of the molecule is CN(OC(=O)CC(=O)c1ccccc1)C(=O)Cc1ccccc1. The fourth-order valence-electron chi connectivity index (χ4n) is 1.97. The van der Waals surface area contributed by atoms with Crippen LogP contribution in [0.3, 0.4) is 0 Å². The Balaban J connectivity index is 1.84. The van der Waals surface area contributed by atoms with Gasteiger partial charge in [-0.3, -0.25) is 9.59 Å². The molecular weight excluding hydrogens is 294 g/mol. The lowest BCUT2D eigenvalue weighted by Crippen LogP contribution is -2.31. The Morgan fingerprint density at radius 1 is 0.913 bits per heavy atom. The number of carbonyl (C=O) groups is 3. The molecule has 0 spiro atoms. The minimum atomic E-state index is -0.761. The fourth-order valence-corrected chi connectivity index (χ4v) is 1.97. The van der Waals surface area contributed by atoms with Crippen molar-refractivity contribution in [3.05, 3.63) is 71.8 Å². The largest absolute Gasteiger partial charge is 0.340 e. The Bertz CT molecular complexity index is 683. The molecule has 0 heterocycles. The van der Waals surface area contributed by atoms with Gasteiger partial charge in [-0.25, -0.2) is 4.79 Å². The van der Waals surface area contributed by atoms with Gasteiger partial charge >= 0.3 is 5.97 Å². The predicted molar refractivity (Wildman–Crippen MR) is 84.4 cm³/mol. The Morgan fingerprint density at radius 3 is 2.09 bits per heavy atom. The molecule has 0 unspecified atom stereocenters. The van der Waals surface area contributed by atoms with Crippen LogP contribution in [0.15, 0.2) is 60.7 Å². The zero-order chi connectivity index (χ0) is 16.7. The second-order valence-electron chi connectivity index (χ2n) is 4.98. The standard InChI is InChI=1S/C18H17NO4/c1-19(17(21)12-14-8-4-2-5-9-14)23-18(22)13-16(20)15-10-6-3-7-11-15/h2-11H,12-13H2,1H3. The third-order valence-electron chi connectivity index (χ3n) is 3.19. The van der Waals surface area contributed by atoms with E-state index < -0.39 is 12.4 Å². The molecular formula is C18H17NO4. The molecule has 2 aromatic rings. The Hall–Kier alpha value is -2.95. The van der Waals surface area contributed by atoms with E-state index in [-0.39, 0.29) is 18.1 Å². The van der Waals surface area contributed by atoms with E-state index in [0.717, 1.165) is 10.6 Å². The molecule has 0 saturated heterocycles. The van der Waals surface area contributed by atoms with E-state index in [1.807, 2.05) is 30.3 Å². The van der Waals surface area contributed by atoms with Crippen LogP contribution in [0.4, 0.5) is 0 Å². The highest BCUT2D eigenvalue weighted by atomic mass is 16.7. The van der Waals surface area contributed by atoms with Crippen molar-refractivity contribution in [1.29, 1.82) is 0 Å². The van der Waals surface area contributed by atoms with Crippen molar-refractivity contribution in [2.24, 2.45) is 0 Å². The average molecular weight is 311 g/mol. The number of ketones is 1. The molecule has 118 valence electrons. The third-order valence-corrected chi connectivity index (χ3v) is 3.19. The Kier molecular flexibility index (Phi) is 5.63. The van der Waals surface area contributed by atoms with E-state index in [0.29, 0.717) is 5.56 Å². The molecule has 0 aliphatic rings. The molecule has 0 radical (unpaired) electrons. The number of hydrogen-bond acceptors (Lipinski definition) is 4. The van der Waals surface area contributed by atoms with Crippen LogP contribution in [-0.2, 0) is 20.8 Å². The summed E-state index contributed by atoms with van der Waals surface area (Å²) in [4.78, 5) is 40.5. The quantitative estimate of drug-likeness (QED) is 0.483. The molecule has 2 rings (SSSR count). The van der Waals surface area contributed by atoms with Crippen LogP contribution in [0.5, 0.6) is 0 Å². The summed E-state index contributed by atoms with van der Waals surface area (Å²) in [5.74, 6) is -1.47. The van der Waals surface area contributed by atoms with E-state index in [4.69, 9.17) is 4.84 Å². The van der Waals surface area contributed by atoms with Gasteiger partial charge < -0.3 is 4.84 Å². The van der Waals surface area contributed by atoms with Gasteiger partial charge in [0.25, 0.3) is 5.91 Å². The van der Waals surface area contributed by atoms with Gasteiger partial charge in [-0.1, -0.05) is 60.7 Å². The first-order valence-electron chi connectivity index (χ1n) is 7.16. The first-order chi connectivity index (χ1) is 11.1. The summed E-state index contributed by atoms with van der Waals surface area (Å²) in [6.07, 6.45) is -0.287. The van der Waals surface area contributed by atoms with E-state index in [1.54, 1.807) is 30.3 Å². The number of likely N-dealkylation sites (N-methyl/N-ethyl adjacent to an activating group) is 1. The van der Waals surface area contributed by atoms with Gasteiger partial charge in [0, 0.05) is 12.6 Å². The highest BCUT2D eigenvalue weighted by Crippen LogP contribution is 2.06. The minimum absolute atomic E-state index is 0.122. The number of benzene rings is 2. The van der Waals surface area contributed by atoms with Crippen molar-refractivity contribution < 1.29 is 19.2 Å². The normalized spacial score (nSPS) is 9.96. The van der Waals surface area contributed by atoms with Crippen molar-refractivity contribution in [2.45, 2.75) is 12.8 Å². The van der Waals surface area contributed by atoms with Crippen LogP contribution >= 0.6 is 0 Å². The predicted octanol–water partition coefficient (Wildman–Crippen LogP) is 2.42. The summed E-state index contributed by atoms with van der Waals surface area (Å²) in [7, 11) is 1.36. The van der Waals surface area contributed by atoms with E-state index in [1.165, 1.54) is 7.05 Å². The van der Waals surface area contributed by atoms with Crippen LogP contribution < -0.4 is 0 Å². The first kappa shape index (κ1) is 16.4. The minimum Gasteiger partial charge on any atom is -0.338 e. The lowest BCUT2D eigenvalue weighted by atomic mass is 10.1. The summed E-state index contributed by atoms with van der Waals surface area (Å²) in [6, 6.07) is 17.6. The van der Waals surface area contributed by atoms with E-state index in [9.17, 15) is 14.4 Å². The summed E-state index contributed by atoms with van der Waals surface area (Å²) in [5, 5.41) is 0.869. The molecule has 0 saturated carbocycles. The van der Waals surface area contributed by atoms with Crippen LogP contribution in [0.2, 0.25) is 0 Å². The molecule has 23 heavy (non-hydrogen) atoms. The number of hydrogen-bond donors (Lipinski definition) is 0. The molecule has 0 atom stereocenters. The van der Waals surface area contributed by atoms with Gasteiger partial charge in [0.1, 0.15) is 6.42 Å². The number of amides is 1. The molecule has 0 aliphatic heterocycles. The van der Waals surface area contributed by atoms with E-state index in [2.05, 4.69) is 0 Å². The molecule has 0 N–H and O–H groups in total. The number of rotatable bonds is 5. The van der Waals surface area contributed by atoms with E-state index >= 15 is 0 Å². The molecule has 5 heteroatoms. The summed E-state index contributed by atoms with van der Waals surface area (Å²) in [6.45, 7) is 0. The average Bonchev–Trinajstić information content (AvgIpc) is 2.56. The van der Waals surface area contributed by atoms with Crippen molar-refractivity contribution in [3.63, 3.8) is 0 Å². The van der Waals surface area contributed by atoms with Gasteiger partial charge in [0.05, 0.1) is 6.42 Å². The molecule has 5 nitrogen and oxygen atoms in total. The monoisotopic (exact) mass is 311 g/mol. The summed E-state index contributed by atoms with van der Waals surface area (Å²) >= 11 is 0. The molecule has 0 fully saturated rings. The van der Waals surface area contributed by atoms with Gasteiger partial charge in [-0.15, -0.1) is 0 Å². The fraction of sp³-hybridized carbons (Fsp3) is 0.167. The topological polar surface area (TPSA) is 63.7 Å². The van der Waals surface area contributed by atoms with Crippen molar-refractivity contribution in [3.8, 4) is 0 Å². The maximum absolute atomic E-state index is 12.0. The van der Waals surface area contributed by atoms with Crippen LogP contribution in [0, 0.1) is 0 Å². The highest BCUT2D eigenvalue weighted by molar-refractivity contribution is 6.06. The number of nitrogens with zero attached hydrogens (tertiary/aromatic N) is 1. The lowest BCUT2D eigenvalue weighted by Gasteiger charge is -2.16. The van der Waals surface area contributed by atoms with Gasteiger partial charge in [0.2, 0.25) is 0 Å². The van der Waals surface area contributed by atoms with Gasteiger partial charge in [-0.2, -0.15) is 5.06 Å². The highest BCUT2D eigenvalue weighted by Gasteiger charge is 2.18. The summed E-state index contributed by atoms with van der Waals surface area (Å²) in [5.41, 5.74) is 1.25. The second kappa shape index (κ2) is 7.89. The van der Waals surface area contributed by atoms with Crippen LogP contribution in [0.1, 0.15) is 22.3 Å². The molecule has 0 aromatic heterocycles. The lowest BCUT2D eigenvalue weighted by molar-refractivity contribution is -0.191. The van der Waals surface area contributed by atoms with Crippen LogP contribution in [-0.4, -0.2) is 29.8 Å². The summed E-state index contributed by atoms with van der Waals surface area (Å²) < 4.78 is 0. The van der Waals surface area contributed by atoms with Crippen molar-refractivity contribution in [2.75, 3.05) is 7.05 Å². The third kappa shape index (κ3) is 5.07. The van der Waals surface area contributed by atoms with Gasteiger partial charge in [0.15, 0.2) is 5.78 Å². The number of Topliss-reactive ketones (excluding diaryl/α,β-unsaturated/α-hetero) is 1. The smallest absolute Gasteiger partial charge is 0.338 e. The number of carbonyl (C=O) groups excluding carboxylic acids is 3. The van der Waals surface area contributed by atoms with Crippen LogP contribution in [0.25, 0.3) is 0 Å². The first-order valence-corrected chi connectivity index (χ1v) is 7.16. The second-order valence-corrected chi connectivity index (χ2v) is 4.98. The molecule has 0 bridgehead atoms. The maximum Gasteiger partial charge on any atom is 0.340 e. The maximum atomic E-state index is 12.0. The van der Waals surface area contributed by atoms with Crippen molar-refractivity contribution in [1.82, 2.24) is 5.06 Å². The molecule has 2 aromatic carbocycles. The van der Waals surface area contributed by atoms with Crippen molar-refractivity contribution >= 4 is 17.7 Å². The number of hydroxylamine groups is 2.